The van der Waals surface area contributed by atoms with Crippen molar-refractivity contribution in [1.82, 2.24) is 14.8 Å². The smallest absolute Gasteiger partial charge is 0.251 e. The van der Waals surface area contributed by atoms with Crippen LogP contribution < -0.4 is 5.32 Å². The zero-order chi connectivity index (χ0) is 18.6. The summed E-state index contributed by atoms with van der Waals surface area (Å²) in [5.41, 5.74) is 0.276. The van der Waals surface area contributed by atoms with Crippen molar-refractivity contribution in [2.24, 2.45) is 5.92 Å². The van der Waals surface area contributed by atoms with Crippen LogP contribution in [-0.4, -0.2) is 50.6 Å². The largest absolute Gasteiger partial charge is 0.384 e. The van der Waals surface area contributed by atoms with Gasteiger partial charge in [0.1, 0.15) is 0 Å². The predicted molar refractivity (Wildman–Crippen MR) is 92.9 cm³/mol. The fourth-order valence-electron chi connectivity index (χ4n) is 2.94. The summed E-state index contributed by atoms with van der Waals surface area (Å²) in [5.74, 6) is 0.337. The molecule has 0 radical (unpaired) electrons. The Morgan fingerprint density at radius 3 is 3.00 bits per heavy atom. The van der Waals surface area contributed by atoms with Gasteiger partial charge in [0.2, 0.25) is 10.0 Å². The molecule has 1 fully saturated rings. The highest BCUT2D eigenvalue weighted by molar-refractivity contribution is 7.89. The number of hydrogen-bond donors (Lipinski definition) is 1. The molecule has 1 aliphatic heterocycles. The number of carbonyl (C=O) groups is 1. The molecule has 0 unspecified atom stereocenters. The molecule has 26 heavy (non-hydrogen) atoms. The summed E-state index contributed by atoms with van der Waals surface area (Å²) in [5, 5.41) is 6.24. The molecule has 0 bridgehead atoms. The van der Waals surface area contributed by atoms with E-state index in [0.717, 1.165) is 6.42 Å². The van der Waals surface area contributed by atoms with Gasteiger partial charge in [-0.15, -0.1) is 0 Å². The van der Waals surface area contributed by atoms with Crippen LogP contribution >= 0.6 is 0 Å². The Balaban J connectivity index is 1.71. The van der Waals surface area contributed by atoms with Crippen molar-refractivity contribution in [3.8, 4) is 0 Å². The van der Waals surface area contributed by atoms with Crippen LogP contribution in [0.3, 0.4) is 0 Å². The van der Waals surface area contributed by atoms with Crippen LogP contribution in [0.1, 0.15) is 22.5 Å². The number of amides is 1. The summed E-state index contributed by atoms with van der Waals surface area (Å²) in [4.78, 5) is 12.4. The maximum Gasteiger partial charge on any atom is 0.251 e. The molecule has 1 aromatic carbocycles. The molecule has 1 atom stereocenters. The van der Waals surface area contributed by atoms with Crippen molar-refractivity contribution in [2.75, 3.05) is 26.8 Å². The lowest BCUT2D eigenvalue weighted by molar-refractivity contribution is 0.0947. The number of methoxy groups -OCH3 is 1. The second kappa shape index (κ2) is 7.98. The van der Waals surface area contributed by atoms with E-state index in [9.17, 15) is 13.2 Å². The van der Waals surface area contributed by atoms with E-state index >= 15 is 0 Å². The van der Waals surface area contributed by atoms with Crippen LogP contribution in [0.15, 0.2) is 45.9 Å². The van der Waals surface area contributed by atoms with Gasteiger partial charge in [-0.1, -0.05) is 11.2 Å². The first-order valence-corrected chi connectivity index (χ1v) is 9.71. The number of hydrogen-bond acceptors (Lipinski definition) is 6. The second-order valence-corrected chi connectivity index (χ2v) is 8.10. The van der Waals surface area contributed by atoms with E-state index < -0.39 is 10.0 Å². The molecule has 8 nitrogen and oxygen atoms in total. The standard InChI is InChI=1S/C17H21N3O5S/c1-24-12-13-6-8-20(11-13)26(22,23)16-4-2-3-14(9-16)17(21)18-10-15-5-7-19-25-15/h2-5,7,9,13H,6,8,10-12H2,1H3,(H,18,21)/t13-/m1/s1. The third kappa shape index (κ3) is 4.12. The summed E-state index contributed by atoms with van der Waals surface area (Å²) in [6, 6.07) is 7.69. The van der Waals surface area contributed by atoms with Crippen LogP contribution in [0, 0.1) is 5.92 Å². The van der Waals surface area contributed by atoms with Crippen LogP contribution in [0.4, 0.5) is 0 Å². The molecule has 3 rings (SSSR count). The van der Waals surface area contributed by atoms with E-state index in [1.54, 1.807) is 25.3 Å². The molecule has 0 saturated carbocycles. The van der Waals surface area contributed by atoms with Gasteiger partial charge in [-0.25, -0.2) is 8.42 Å². The molecule has 140 valence electrons. The van der Waals surface area contributed by atoms with Crippen molar-refractivity contribution in [3.63, 3.8) is 0 Å². The molecule has 0 spiro atoms. The van der Waals surface area contributed by atoms with Crippen molar-refractivity contribution < 1.29 is 22.5 Å². The molecule has 1 N–H and O–H groups in total. The van der Waals surface area contributed by atoms with E-state index in [-0.39, 0.29) is 28.8 Å². The molecule has 2 heterocycles. The SMILES string of the molecule is COC[C@@H]1CCN(S(=O)(=O)c2cccc(C(=O)NCc3ccno3)c2)C1. The number of rotatable bonds is 7. The van der Waals surface area contributed by atoms with Crippen LogP contribution in [-0.2, 0) is 21.3 Å². The minimum atomic E-state index is -3.63. The maximum atomic E-state index is 12.8. The first-order chi connectivity index (χ1) is 12.5. The highest BCUT2D eigenvalue weighted by Gasteiger charge is 2.32. The number of sulfonamides is 1. The zero-order valence-electron chi connectivity index (χ0n) is 14.4. The Morgan fingerprint density at radius 2 is 2.27 bits per heavy atom. The first kappa shape index (κ1) is 18.6. The quantitative estimate of drug-likeness (QED) is 0.777. The number of aromatic nitrogens is 1. The van der Waals surface area contributed by atoms with E-state index in [4.69, 9.17) is 9.26 Å². The summed E-state index contributed by atoms with van der Waals surface area (Å²) >= 11 is 0. The summed E-state index contributed by atoms with van der Waals surface area (Å²) < 4.78 is 37.1. The van der Waals surface area contributed by atoms with Gasteiger partial charge in [0.05, 0.1) is 24.2 Å². The first-order valence-electron chi connectivity index (χ1n) is 8.27. The molecular formula is C17H21N3O5S. The van der Waals surface area contributed by atoms with Gasteiger partial charge in [0, 0.05) is 31.8 Å². The predicted octanol–water partition coefficient (Wildman–Crippen LogP) is 1.26. The minimum absolute atomic E-state index is 0.114. The number of nitrogens with one attached hydrogen (secondary N) is 1. The van der Waals surface area contributed by atoms with Crippen LogP contribution in [0.5, 0.6) is 0 Å². The number of carbonyl (C=O) groups excluding carboxylic acids is 1. The number of nitrogens with zero attached hydrogens (tertiary/aromatic N) is 2. The fourth-order valence-corrected chi connectivity index (χ4v) is 4.51. The Kier molecular flexibility index (Phi) is 5.70. The van der Waals surface area contributed by atoms with Crippen LogP contribution in [0.2, 0.25) is 0 Å². The van der Waals surface area contributed by atoms with E-state index in [1.807, 2.05) is 0 Å². The van der Waals surface area contributed by atoms with Gasteiger partial charge in [0.25, 0.3) is 5.91 Å². The highest BCUT2D eigenvalue weighted by atomic mass is 32.2. The third-order valence-electron chi connectivity index (χ3n) is 4.30. The fraction of sp³-hybridized carbons (Fsp3) is 0.412. The third-order valence-corrected chi connectivity index (χ3v) is 6.16. The molecule has 1 aromatic heterocycles. The summed E-state index contributed by atoms with van der Waals surface area (Å²) in [7, 11) is -2.03. The monoisotopic (exact) mass is 379 g/mol. The van der Waals surface area contributed by atoms with Gasteiger partial charge in [-0.05, 0) is 30.5 Å². The molecule has 9 heteroatoms. The summed E-state index contributed by atoms with van der Waals surface area (Å²) in [6.07, 6.45) is 2.26. The van der Waals surface area contributed by atoms with Crippen molar-refractivity contribution >= 4 is 15.9 Å². The molecule has 0 aliphatic carbocycles. The number of benzene rings is 1. The van der Waals surface area contributed by atoms with Gasteiger partial charge in [-0.2, -0.15) is 4.31 Å². The Hall–Kier alpha value is -2.23. The van der Waals surface area contributed by atoms with Crippen molar-refractivity contribution in [3.05, 3.63) is 47.9 Å². The topological polar surface area (TPSA) is 102 Å². The highest BCUT2D eigenvalue weighted by Crippen LogP contribution is 2.25. The van der Waals surface area contributed by atoms with E-state index in [1.165, 1.54) is 22.6 Å². The number of ether oxygens (including phenoxy) is 1. The van der Waals surface area contributed by atoms with Gasteiger partial charge < -0.3 is 14.6 Å². The van der Waals surface area contributed by atoms with Gasteiger partial charge in [-0.3, -0.25) is 4.79 Å². The van der Waals surface area contributed by atoms with E-state index in [2.05, 4.69) is 10.5 Å². The normalized spacial score (nSPS) is 18.1. The van der Waals surface area contributed by atoms with Crippen molar-refractivity contribution in [1.29, 1.82) is 0 Å². The molecule has 1 aliphatic rings. The lowest BCUT2D eigenvalue weighted by atomic mass is 10.1. The van der Waals surface area contributed by atoms with Gasteiger partial charge >= 0.3 is 0 Å². The molecular weight excluding hydrogens is 358 g/mol. The maximum absolute atomic E-state index is 12.8. The average Bonchev–Trinajstić information content (AvgIpc) is 3.32. The molecule has 2 aromatic rings. The lowest BCUT2D eigenvalue weighted by Gasteiger charge is -2.17. The lowest BCUT2D eigenvalue weighted by Crippen LogP contribution is -2.30. The van der Waals surface area contributed by atoms with Crippen LogP contribution in [0.25, 0.3) is 0 Å². The average molecular weight is 379 g/mol. The van der Waals surface area contributed by atoms with Gasteiger partial charge in [0.15, 0.2) is 5.76 Å². The summed E-state index contributed by atoms with van der Waals surface area (Å²) in [6.45, 7) is 1.60. The Bertz CT molecular complexity index is 851. The molecule has 1 amide bonds. The van der Waals surface area contributed by atoms with Crippen molar-refractivity contribution in [2.45, 2.75) is 17.9 Å². The second-order valence-electron chi connectivity index (χ2n) is 6.16. The minimum Gasteiger partial charge on any atom is -0.384 e. The molecule has 1 saturated heterocycles. The Morgan fingerprint density at radius 1 is 1.42 bits per heavy atom. The van der Waals surface area contributed by atoms with E-state index in [0.29, 0.717) is 25.5 Å². The Labute approximate surface area is 152 Å². The zero-order valence-corrected chi connectivity index (χ0v) is 15.2.